The van der Waals surface area contributed by atoms with Crippen molar-refractivity contribution in [3.63, 3.8) is 0 Å². The Labute approximate surface area is 179 Å². The van der Waals surface area contributed by atoms with Crippen LogP contribution in [0.1, 0.15) is 48.2 Å². The first kappa shape index (κ1) is 20.9. The molecule has 1 amide bonds. The summed E-state index contributed by atoms with van der Waals surface area (Å²) in [6.45, 7) is 5.14. The Morgan fingerprint density at radius 3 is 2.43 bits per heavy atom. The highest BCUT2D eigenvalue weighted by atomic mass is 32.2. The molecule has 1 saturated heterocycles. The molecule has 2 aliphatic rings. The van der Waals surface area contributed by atoms with Crippen LogP contribution in [0.25, 0.3) is 0 Å². The summed E-state index contributed by atoms with van der Waals surface area (Å²) in [6, 6.07) is 15.9. The number of carbonyl (C=O) groups is 1. The van der Waals surface area contributed by atoms with Gasteiger partial charge in [0.1, 0.15) is 0 Å². The number of amides is 1. The van der Waals surface area contributed by atoms with Gasteiger partial charge in [-0.1, -0.05) is 30.3 Å². The lowest BCUT2D eigenvalue weighted by atomic mass is 9.90. The van der Waals surface area contributed by atoms with Gasteiger partial charge >= 0.3 is 0 Å². The number of rotatable bonds is 5. The fourth-order valence-corrected chi connectivity index (χ4v) is 6.15. The van der Waals surface area contributed by atoms with E-state index in [-0.39, 0.29) is 17.7 Å². The van der Waals surface area contributed by atoms with Gasteiger partial charge in [0.25, 0.3) is 5.91 Å². The topological polar surface area (TPSA) is 57.7 Å². The lowest BCUT2D eigenvalue weighted by Gasteiger charge is -2.32. The summed E-state index contributed by atoms with van der Waals surface area (Å²) in [4.78, 5) is 15.0. The quantitative estimate of drug-likeness (QED) is 0.729. The summed E-state index contributed by atoms with van der Waals surface area (Å²) in [6.07, 6.45) is 3.76. The van der Waals surface area contributed by atoms with Gasteiger partial charge in [-0.25, -0.2) is 8.42 Å². The number of carbonyl (C=O) groups excluding carboxylic acids is 1. The van der Waals surface area contributed by atoms with Gasteiger partial charge in [0, 0.05) is 24.7 Å². The molecule has 0 N–H and O–H groups in total. The molecule has 0 aliphatic carbocycles. The van der Waals surface area contributed by atoms with Crippen LogP contribution in [-0.2, 0) is 22.9 Å². The van der Waals surface area contributed by atoms with E-state index in [1.165, 1.54) is 9.87 Å². The van der Waals surface area contributed by atoms with E-state index in [0.29, 0.717) is 17.9 Å². The normalized spacial score (nSPS) is 19.7. The number of anilines is 1. The fraction of sp³-hybridized carbons (Fsp3) is 0.458. The van der Waals surface area contributed by atoms with Crippen LogP contribution in [0.2, 0.25) is 0 Å². The van der Waals surface area contributed by atoms with E-state index in [2.05, 4.69) is 24.3 Å². The minimum absolute atomic E-state index is 0.0559. The second-order valence-electron chi connectivity index (χ2n) is 8.52. The number of likely N-dealkylation sites (tertiary alicyclic amines) is 1. The molecule has 1 fully saturated rings. The average Bonchev–Trinajstić information content (AvgIpc) is 3.10. The Bertz CT molecular complexity index is 1010. The minimum atomic E-state index is -3.31. The third kappa shape index (κ3) is 4.10. The van der Waals surface area contributed by atoms with E-state index in [1.807, 2.05) is 24.0 Å². The summed E-state index contributed by atoms with van der Waals surface area (Å²) in [7, 11) is -3.31. The summed E-state index contributed by atoms with van der Waals surface area (Å²) >= 11 is 0. The van der Waals surface area contributed by atoms with Gasteiger partial charge in [0.2, 0.25) is 10.0 Å². The van der Waals surface area contributed by atoms with Gasteiger partial charge in [-0.3, -0.25) is 9.10 Å². The molecule has 160 valence electrons. The zero-order valence-corrected chi connectivity index (χ0v) is 18.6. The molecule has 5 nitrogen and oxygen atoms in total. The standard InChI is InChI=1S/C24H30N2O3S/c1-3-30(28,29)26-18(2)15-22-17-21(9-10-23(22)26)24(27)25-13-11-20(12-14-25)16-19-7-5-4-6-8-19/h4-10,17-18,20H,3,11-16H2,1-2H3/t18-/m0/s1. The number of piperidine rings is 1. The maximum Gasteiger partial charge on any atom is 0.253 e. The molecule has 6 heteroatoms. The average molecular weight is 427 g/mol. The van der Waals surface area contributed by atoms with Crippen molar-refractivity contribution in [2.45, 2.75) is 45.6 Å². The molecule has 2 aromatic carbocycles. The molecule has 2 aliphatic heterocycles. The van der Waals surface area contributed by atoms with Crippen molar-refractivity contribution in [3.05, 3.63) is 65.2 Å². The molecular weight excluding hydrogens is 396 g/mol. The van der Waals surface area contributed by atoms with Crippen molar-refractivity contribution < 1.29 is 13.2 Å². The molecule has 30 heavy (non-hydrogen) atoms. The van der Waals surface area contributed by atoms with Gasteiger partial charge in [-0.05, 0) is 74.8 Å². The van der Waals surface area contributed by atoms with Crippen LogP contribution in [-0.4, -0.2) is 44.1 Å². The highest BCUT2D eigenvalue weighted by Gasteiger charge is 2.34. The molecule has 4 rings (SSSR count). The third-order valence-electron chi connectivity index (χ3n) is 6.41. The van der Waals surface area contributed by atoms with E-state index in [0.717, 1.165) is 43.6 Å². The van der Waals surface area contributed by atoms with Crippen LogP contribution in [0.4, 0.5) is 5.69 Å². The molecule has 0 saturated carbocycles. The summed E-state index contributed by atoms with van der Waals surface area (Å²) < 4.78 is 26.4. The second kappa shape index (κ2) is 8.42. The Balaban J connectivity index is 1.42. The molecule has 1 atom stereocenters. The number of benzene rings is 2. The summed E-state index contributed by atoms with van der Waals surface area (Å²) in [5.41, 5.74) is 3.70. The molecule has 0 unspecified atom stereocenters. The van der Waals surface area contributed by atoms with Gasteiger partial charge in [-0.2, -0.15) is 0 Å². The van der Waals surface area contributed by atoms with E-state index >= 15 is 0 Å². The van der Waals surface area contributed by atoms with Crippen molar-refractivity contribution in [2.24, 2.45) is 5.92 Å². The number of sulfonamides is 1. The first-order valence-corrected chi connectivity index (χ1v) is 12.5. The summed E-state index contributed by atoms with van der Waals surface area (Å²) in [5.74, 6) is 0.751. The monoisotopic (exact) mass is 426 g/mol. The smallest absolute Gasteiger partial charge is 0.253 e. The highest BCUT2D eigenvalue weighted by molar-refractivity contribution is 7.92. The number of hydrogen-bond donors (Lipinski definition) is 0. The van der Waals surface area contributed by atoms with Gasteiger partial charge in [-0.15, -0.1) is 0 Å². The maximum atomic E-state index is 13.1. The first-order valence-electron chi connectivity index (χ1n) is 10.9. The SMILES string of the molecule is CCS(=O)(=O)N1c2ccc(C(=O)N3CCC(Cc4ccccc4)CC3)cc2C[C@@H]1C. The van der Waals surface area contributed by atoms with E-state index in [4.69, 9.17) is 0 Å². The molecule has 0 aromatic heterocycles. The van der Waals surface area contributed by atoms with Crippen molar-refractivity contribution in [3.8, 4) is 0 Å². The molecule has 0 radical (unpaired) electrons. The number of hydrogen-bond acceptors (Lipinski definition) is 3. The Morgan fingerprint density at radius 1 is 1.07 bits per heavy atom. The van der Waals surface area contributed by atoms with E-state index < -0.39 is 10.0 Å². The number of nitrogens with zero attached hydrogens (tertiary/aromatic N) is 2. The van der Waals surface area contributed by atoms with Gasteiger partial charge in [0.05, 0.1) is 11.4 Å². The van der Waals surface area contributed by atoms with Crippen molar-refractivity contribution in [2.75, 3.05) is 23.1 Å². The largest absolute Gasteiger partial charge is 0.339 e. The van der Waals surface area contributed by atoms with E-state index in [9.17, 15) is 13.2 Å². The third-order valence-corrected chi connectivity index (χ3v) is 8.30. The van der Waals surface area contributed by atoms with Crippen LogP contribution in [0.3, 0.4) is 0 Å². The van der Waals surface area contributed by atoms with Crippen LogP contribution in [0, 0.1) is 5.92 Å². The predicted molar refractivity (Wildman–Crippen MR) is 120 cm³/mol. The Hall–Kier alpha value is -2.34. The molecule has 2 aromatic rings. The van der Waals surface area contributed by atoms with Crippen LogP contribution in [0.15, 0.2) is 48.5 Å². The zero-order valence-electron chi connectivity index (χ0n) is 17.8. The van der Waals surface area contributed by atoms with Gasteiger partial charge in [0.15, 0.2) is 0 Å². The second-order valence-corrected chi connectivity index (χ2v) is 10.7. The van der Waals surface area contributed by atoms with Crippen LogP contribution >= 0.6 is 0 Å². The number of fused-ring (bicyclic) bond motifs is 1. The Kier molecular flexibility index (Phi) is 5.87. The molecule has 2 heterocycles. The Morgan fingerprint density at radius 2 is 1.77 bits per heavy atom. The molecule has 0 bridgehead atoms. The molecule has 0 spiro atoms. The van der Waals surface area contributed by atoms with Crippen molar-refractivity contribution in [1.82, 2.24) is 4.90 Å². The predicted octanol–water partition coefficient (Wildman–Crippen LogP) is 3.88. The molecular formula is C24H30N2O3S. The maximum absolute atomic E-state index is 13.1. The first-order chi connectivity index (χ1) is 14.4. The van der Waals surface area contributed by atoms with Crippen molar-refractivity contribution in [1.29, 1.82) is 0 Å². The van der Waals surface area contributed by atoms with E-state index in [1.54, 1.807) is 19.1 Å². The van der Waals surface area contributed by atoms with Crippen molar-refractivity contribution >= 4 is 21.6 Å². The lowest BCUT2D eigenvalue weighted by Crippen LogP contribution is -2.39. The highest BCUT2D eigenvalue weighted by Crippen LogP contribution is 2.35. The van der Waals surface area contributed by atoms with Crippen LogP contribution < -0.4 is 4.31 Å². The van der Waals surface area contributed by atoms with Crippen LogP contribution in [0.5, 0.6) is 0 Å². The van der Waals surface area contributed by atoms with Gasteiger partial charge < -0.3 is 4.90 Å². The fourth-order valence-electron chi connectivity index (χ4n) is 4.77. The summed E-state index contributed by atoms with van der Waals surface area (Å²) in [5, 5.41) is 0. The minimum Gasteiger partial charge on any atom is -0.339 e. The zero-order chi connectivity index (χ0) is 21.3. The lowest BCUT2D eigenvalue weighted by molar-refractivity contribution is 0.0690.